The van der Waals surface area contributed by atoms with E-state index in [0.717, 1.165) is 25.8 Å². The monoisotopic (exact) mass is 513 g/mol. The van der Waals surface area contributed by atoms with E-state index in [0.29, 0.717) is 0 Å². The quantitative estimate of drug-likeness (QED) is 0.383. The number of hydrogen-bond acceptors (Lipinski definition) is 2. The summed E-state index contributed by atoms with van der Waals surface area (Å²) in [6, 6.07) is 14.6. The van der Waals surface area contributed by atoms with Gasteiger partial charge in [0.05, 0.1) is 5.92 Å². The van der Waals surface area contributed by atoms with Gasteiger partial charge in [-0.25, -0.2) is 0 Å². The molecule has 5 rings (SSSR count). The molecule has 1 amide bonds. The van der Waals surface area contributed by atoms with Crippen molar-refractivity contribution in [2.75, 3.05) is 5.32 Å². The molecule has 2 atom stereocenters. The van der Waals surface area contributed by atoms with E-state index in [4.69, 9.17) is 0 Å². The first-order valence-electron chi connectivity index (χ1n) is 9.12. The van der Waals surface area contributed by atoms with Crippen LogP contribution >= 0.6 is 43.2 Å². The van der Waals surface area contributed by atoms with E-state index in [-0.39, 0.29) is 17.7 Å². The Hall–Kier alpha value is -1.69. The molecule has 0 fully saturated rings. The van der Waals surface area contributed by atoms with E-state index in [2.05, 4.69) is 86.7 Å². The van der Waals surface area contributed by atoms with Gasteiger partial charge in [0.2, 0.25) is 5.91 Å². The number of carbonyl (C=O) groups is 1. The third-order valence-electron chi connectivity index (χ3n) is 5.90. The summed E-state index contributed by atoms with van der Waals surface area (Å²) in [5.41, 5.74) is 8.19. The molecule has 28 heavy (non-hydrogen) atoms. The summed E-state index contributed by atoms with van der Waals surface area (Å²) in [6.07, 6.45) is 0. The van der Waals surface area contributed by atoms with Crippen molar-refractivity contribution in [3.05, 3.63) is 89.5 Å². The highest BCUT2D eigenvalue weighted by molar-refractivity contribution is 9.10. The number of anilines is 1. The molecule has 0 saturated carbocycles. The Morgan fingerprint density at radius 2 is 1.75 bits per heavy atom. The number of carbonyl (C=O) groups excluding carboxylic acids is 1. The number of rotatable bonds is 2. The van der Waals surface area contributed by atoms with Crippen LogP contribution in [0.5, 0.6) is 0 Å². The molecule has 2 heterocycles. The summed E-state index contributed by atoms with van der Waals surface area (Å²) in [5.74, 6) is -0.0961. The zero-order valence-corrected chi connectivity index (χ0v) is 19.3. The van der Waals surface area contributed by atoms with Crippen LogP contribution in [-0.2, 0) is 4.79 Å². The second-order valence-electron chi connectivity index (χ2n) is 7.32. The van der Waals surface area contributed by atoms with Gasteiger partial charge in [0.25, 0.3) is 0 Å². The van der Waals surface area contributed by atoms with Crippen molar-refractivity contribution >= 4 is 60.4 Å². The van der Waals surface area contributed by atoms with Crippen LogP contribution < -0.4 is 5.32 Å². The highest BCUT2D eigenvalue weighted by Gasteiger charge is 2.44. The molecule has 140 valence electrons. The Balaban J connectivity index is 1.76. The normalized spacial score (nSPS) is 20.4. The van der Waals surface area contributed by atoms with E-state index in [1.807, 2.05) is 12.1 Å². The van der Waals surface area contributed by atoms with Gasteiger partial charge in [0.15, 0.2) is 0 Å². The fourth-order valence-corrected chi connectivity index (χ4v) is 6.71. The Kier molecular flexibility index (Phi) is 4.38. The lowest BCUT2D eigenvalue weighted by Crippen LogP contribution is -2.20. The molecule has 3 aromatic rings. The lowest BCUT2D eigenvalue weighted by atomic mass is 9.79. The van der Waals surface area contributed by atoms with Gasteiger partial charge in [0.1, 0.15) is 0 Å². The molecule has 2 nitrogen and oxygen atoms in total. The average Bonchev–Trinajstić information content (AvgIpc) is 3.32. The molecule has 5 heteroatoms. The fraction of sp³-hybridized carbons (Fsp3) is 0.174. The number of amides is 1. The van der Waals surface area contributed by atoms with E-state index < -0.39 is 0 Å². The number of hydrogen-bond donors (Lipinski definition) is 1. The standard InChI is InChI=1S/C23H17Br2NOS/c1-11-15(24)7-8-17-20(11)21(23(27)26-17)18-12(2)19(22-16(25)9-10-28-22)14-6-4-3-5-13(14)18/h3-10,18,21H,1-2H3,(H,26,27). The van der Waals surface area contributed by atoms with Gasteiger partial charge >= 0.3 is 0 Å². The molecule has 2 aromatic carbocycles. The van der Waals surface area contributed by atoms with Crippen LogP contribution in [-0.4, -0.2) is 5.91 Å². The first-order chi connectivity index (χ1) is 13.5. The molecule has 1 aromatic heterocycles. The minimum atomic E-state index is -0.218. The minimum absolute atomic E-state index is 0.0365. The zero-order valence-electron chi connectivity index (χ0n) is 15.3. The summed E-state index contributed by atoms with van der Waals surface area (Å²) in [7, 11) is 0. The average molecular weight is 515 g/mol. The maximum Gasteiger partial charge on any atom is 0.232 e. The van der Waals surface area contributed by atoms with Crippen LogP contribution in [0.25, 0.3) is 5.57 Å². The molecular weight excluding hydrogens is 498 g/mol. The SMILES string of the molecule is CC1=C(c2sccc2Br)c2ccccc2C1C1C(=O)Nc2ccc(Br)c(C)c21. The smallest absolute Gasteiger partial charge is 0.232 e. The van der Waals surface area contributed by atoms with E-state index in [9.17, 15) is 4.79 Å². The Labute approximate surface area is 184 Å². The van der Waals surface area contributed by atoms with E-state index in [1.54, 1.807) is 11.3 Å². The number of thiophene rings is 1. The summed E-state index contributed by atoms with van der Waals surface area (Å²) < 4.78 is 2.15. The Bertz CT molecular complexity index is 1180. The van der Waals surface area contributed by atoms with Crippen LogP contribution in [0.3, 0.4) is 0 Å². The highest BCUT2D eigenvalue weighted by Crippen LogP contribution is 2.55. The van der Waals surface area contributed by atoms with Gasteiger partial charge in [-0.05, 0) is 81.2 Å². The Morgan fingerprint density at radius 3 is 2.50 bits per heavy atom. The van der Waals surface area contributed by atoms with Crippen LogP contribution in [0.2, 0.25) is 0 Å². The number of halogens is 2. The van der Waals surface area contributed by atoms with Crippen LogP contribution in [0, 0.1) is 6.92 Å². The zero-order chi connectivity index (χ0) is 19.6. The molecule has 0 spiro atoms. The molecule has 0 radical (unpaired) electrons. The van der Waals surface area contributed by atoms with Crippen LogP contribution in [0.4, 0.5) is 5.69 Å². The second kappa shape index (κ2) is 6.68. The Morgan fingerprint density at radius 1 is 0.964 bits per heavy atom. The van der Waals surface area contributed by atoms with E-state index in [1.165, 1.54) is 27.2 Å². The highest BCUT2D eigenvalue weighted by atomic mass is 79.9. The van der Waals surface area contributed by atoms with E-state index >= 15 is 0 Å². The molecule has 1 N–H and O–H groups in total. The largest absolute Gasteiger partial charge is 0.325 e. The summed E-state index contributed by atoms with van der Waals surface area (Å²) >= 11 is 9.10. The van der Waals surface area contributed by atoms with Gasteiger partial charge in [-0.1, -0.05) is 45.8 Å². The van der Waals surface area contributed by atoms with Crippen molar-refractivity contribution in [2.24, 2.45) is 0 Å². The van der Waals surface area contributed by atoms with Crippen molar-refractivity contribution in [1.29, 1.82) is 0 Å². The van der Waals surface area contributed by atoms with Crippen molar-refractivity contribution in [2.45, 2.75) is 25.7 Å². The molecule has 0 saturated heterocycles. The van der Waals surface area contributed by atoms with Gasteiger partial charge < -0.3 is 5.32 Å². The predicted molar refractivity (Wildman–Crippen MR) is 123 cm³/mol. The topological polar surface area (TPSA) is 29.1 Å². The van der Waals surface area contributed by atoms with Crippen molar-refractivity contribution in [1.82, 2.24) is 0 Å². The third-order valence-corrected chi connectivity index (χ3v) is 8.62. The number of nitrogens with one attached hydrogen (secondary N) is 1. The van der Waals surface area contributed by atoms with Gasteiger partial charge in [-0.3, -0.25) is 4.79 Å². The maximum atomic E-state index is 13.1. The maximum absolute atomic E-state index is 13.1. The minimum Gasteiger partial charge on any atom is -0.325 e. The second-order valence-corrected chi connectivity index (χ2v) is 9.95. The molecule has 0 bridgehead atoms. The number of benzene rings is 2. The summed E-state index contributed by atoms with van der Waals surface area (Å²) in [4.78, 5) is 14.4. The van der Waals surface area contributed by atoms with Gasteiger partial charge in [-0.15, -0.1) is 11.3 Å². The van der Waals surface area contributed by atoms with Crippen molar-refractivity contribution in [3.8, 4) is 0 Å². The third kappa shape index (κ3) is 2.53. The fourth-order valence-electron chi connectivity index (χ4n) is 4.67. The van der Waals surface area contributed by atoms with Crippen molar-refractivity contribution in [3.63, 3.8) is 0 Å². The first-order valence-corrected chi connectivity index (χ1v) is 11.6. The number of fused-ring (bicyclic) bond motifs is 2. The first kappa shape index (κ1) is 18.3. The molecule has 1 aliphatic carbocycles. The van der Waals surface area contributed by atoms with Gasteiger partial charge in [-0.2, -0.15) is 0 Å². The molecule has 1 aliphatic heterocycles. The van der Waals surface area contributed by atoms with Crippen LogP contribution in [0.15, 0.2) is 62.4 Å². The lowest BCUT2D eigenvalue weighted by Gasteiger charge is -2.22. The summed E-state index contributed by atoms with van der Waals surface area (Å²) in [6.45, 7) is 4.28. The lowest BCUT2D eigenvalue weighted by molar-refractivity contribution is -0.117. The predicted octanol–water partition coefficient (Wildman–Crippen LogP) is 7.24. The molecular formula is C23H17Br2NOS. The molecule has 2 aliphatic rings. The van der Waals surface area contributed by atoms with Crippen molar-refractivity contribution < 1.29 is 4.79 Å². The molecule has 2 unspecified atom stereocenters. The number of allylic oxidation sites excluding steroid dienone is 1. The summed E-state index contributed by atoms with van der Waals surface area (Å²) in [5, 5.41) is 5.22. The van der Waals surface area contributed by atoms with Gasteiger partial charge in [0, 0.05) is 25.4 Å². The van der Waals surface area contributed by atoms with Crippen LogP contribution in [0.1, 0.15) is 45.9 Å².